The lowest BCUT2D eigenvalue weighted by atomic mass is 9.85. The van der Waals surface area contributed by atoms with Gasteiger partial charge in [0.2, 0.25) is 18.6 Å². The number of carbonyl (C=O) groups excluding carboxylic acids is 2. The van der Waals surface area contributed by atoms with Crippen LogP contribution in [0.1, 0.15) is 34.8 Å². The smallest absolute Gasteiger partial charge is 0.246 e. The average molecular weight is 569 g/mol. The number of H-pyrrole nitrogens is 1. The lowest BCUT2D eigenvalue weighted by Gasteiger charge is -2.48. The standard InChI is InChI=1S/C32H29ClN4O4/c33-24-7-3-1-5-20(24)15-35-12-11-21(16-35)36-17-29(38)37-26(32(36)39)14-23-22-6-2-4-8-25(22)34-30(23)31(37)19-9-10-27-28(13-19)41-18-40-27/h1-10,13,21,26,31,34H,11-12,14-18H2/t21-,26-,31-/m1/s1. The quantitative estimate of drug-likeness (QED) is 0.392. The van der Waals surface area contributed by atoms with Crippen molar-refractivity contribution in [1.29, 1.82) is 0 Å². The molecule has 9 heteroatoms. The maximum atomic E-state index is 14.3. The lowest BCUT2D eigenvalue weighted by Crippen LogP contribution is -2.65. The number of nitrogens with one attached hydrogen (secondary N) is 1. The molecule has 208 valence electrons. The number of ether oxygens (including phenoxy) is 2. The van der Waals surface area contributed by atoms with Crippen LogP contribution in [0.25, 0.3) is 10.9 Å². The molecule has 3 atom stereocenters. The van der Waals surface area contributed by atoms with Crippen LogP contribution in [0.3, 0.4) is 0 Å². The molecule has 2 saturated heterocycles. The number of carbonyl (C=O) groups is 2. The molecular weight excluding hydrogens is 540 g/mol. The van der Waals surface area contributed by atoms with E-state index in [-0.39, 0.29) is 31.2 Å². The molecule has 1 N–H and O–H groups in total. The molecule has 8 nitrogen and oxygen atoms in total. The molecule has 2 fully saturated rings. The van der Waals surface area contributed by atoms with Gasteiger partial charge in [0.1, 0.15) is 12.6 Å². The van der Waals surface area contributed by atoms with E-state index < -0.39 is 12.1 Å². The topological polar surface area (TPSA) is 78.1 Å². The number of benzene rings is 3. The molecule has 8 rings (SSSR count). The molecule has 1 aromatic heterocycles. The van der Waals surface area contributed by atoms with Crippen LogP contribution < -0.4 is 9.47 Å². The highest BCUT2D eigenvalue weighted by molar-refractivity contribution is 6.31. The van der Waals surface area contributed by atoms with E-state index >= 15 is 0 Å². The molecule has 41 heavy (non-hydrogen) atoms. The van der Waals surface area contributed by atoms with Crippen molar-refractivity contribution in [2.75, 3.05) is 26.4 Å². The van der Waals surface area contributed by atoms with E-state index in [2.05, 4.69) is 16.0 Å². The fourth-order valence-corrected chi connectivity index (χ4v) is 7.30. The summed E-state index contributed by atoms with van der Waals surface area (Å²) in [7, 11) is 0. The monoisotopic (exact) mass is 568 g/mol. The third kappa shape index (κ3) is 4.00. The van der Waals surface area contributed by atoms with Crippen LogP contribution in [0.5, 0.6) is 11.5 Å². The number of fused-ring (bicyclic) bond motifs is 5. The van der Waals surface area contributed by atoms with Crippen LogP contribution in [0.15, 0.2) is 66.7 Å². The van der Waals surface area contributed by atoms with E-state index in [0.29, 0.717) is 17.9 Å². The molecule has 0 spiro atoms. The Morgan fingerprint density at radius 1 is 0.976 bits per heavy atom. The molecule has 0 unspecified atom stereocenters. The van der Waals surface area contributed by atoms with Gasteiger partial charge in [-0.05, 0) is 47.4 Å². The van der Waals surface area contributed by atoms with Gasteiger partial charge in [-0.3, -0.25) is 14.5 Å². The van der Waals surface area contributed by atoms with E-state index in [1.807, 2.05) is 70.5 Å². The van der Waals surface area contributed by atoms with Crippen molar-refractivity contribution in [3.05, 3.63) is 94.1 Å². The van der Waals surface area contributed by atoms with E-state index in [4.69, 9.17) is 21.1 Å². The van der Waals surface area contributed by atoms with Gasteiger partial charge in [-0.2, -0.15) is 0 Å². The Balaban J connectivity index is 1.13. The minimum atomic E-state index is -0.573. The van der Waals surface area contributed by atoms with Gasteiger partial charge in [0.25, 0.3) is 0 Å². The second kappa shape index (κ2) is 9.53. The lowest BCUT2D eigenvalue weighted by molar-refractivity contribution is -0.160. The first-order chi connectivity index (χ1) is 20.0. The van der Waals surface area contributed by atoms with Crippen LogP contribution in [0, 0.1) is 0 Å². The number of aromatic nitrogens is 1. The van der Waals surface area contributed by atoms with Crippen LogP contribution in [0.2, 0.25) is 5.02 Å². The molecule has 4 aliphatic heterocycles. The fraction of sp³-hybridized carbons (Fsp3) is 0.312. The van der Waals surface area contributed by atoms with Crippen molar-refractivity contribution < 1.29 is 19.1 Å². The van der Waals surface area contributed by atoms with Crippen LogP contribution in [-0.4, -0.2) is 70.0 Å². The van der Waals surface area contributed by atoms with Crippen molar-refractivity contribution >= 4 is 34.3 Å². The van der Waals surface area contributed by atoms with Gasteiger partial charge >= 0.3 is 0 Å². The summed E-state index contributed by atoms with van der Waals surface area (Å²) in [6.45, 7) is 2.56. The van der Waals surface area contributed by atoms with Crippen molar-refractivity contribution in [1.82, 2.24) is 19.7 Å². The van der Waals surface area contributed by atoms with E-state index in [1.165, 1.54) is 0 Å². The van der Waals surface area contributed by atoms with Crippen molar-refractivity contribution in [3.8, 4) is 11.5 Å². The number of rotatable bonds is 4. The minimum absolute atomic E-state index is 0.00977. The first kappa shape index (κ1) is 24.8. The summed E-state index contributed by atoms with van der Waals surface area (Å²) in [6.07, 6.45) is 1.32. The Morgan fingerprint density at radius 2 is 1.80 bits per heavy atom. The predicted octanol–water partition coefficient (Wildman–Crippen LogP) is 4.51. The van der Waals surface area contributed by atoms with Crippen LogP contribution in [-0.2, 0) is 22.6 Å². The molecule has 2 amide bonds. The molecule has 0 saturated carbocycles. The molecular formula is C32H29ClN4O4. The van der Waals surface area contributed by atoms with Gasteiger partial charge in [0, 0.05) is 53.7 Å². The summed E-state index contributed by atoms with van der Waals surface area (Å²) in [4.78, 5) is 37.9. The van der Waals surface area contributed by atoms with E-state index in [9.17, 15) is 9.59 Å². The number of nitrogens with zero attached hydrogens (tertiary/aromatic N) is 3. The first-order valence-corrected chi connectivity index (χ1v) is 14.5. The van der Waals surface area contributed by atoms with Gasteiger partial charge in [-0.25, -0.2) is 0 Å². The van der Waals surface area contributed by atoms with Crippen molar-refractivity contribution in [2.24, 2.45) is 0 Å². The number of hydrogen-bond acceptors (Lipinski definition) is 5. The second-order valence-corrected chi connectivity index (χ2v) is 11.7. The number of aromatic amines is 1. The molecule has 0 radical (unpaired) electrons. The first-order valence-electron chi connectivity index (χ1n) is 14.1. The van der Waals surface area contributed by atoms with Gasteiger partial charge in [0.15, 0.2) is 11.5 Å². The average Bonchev–Trinajstić information content (AvgIpc) is 3.73. The number of para-hydroxylation sites is 1. The molecule has 0 aliphatic carbocycles. The Hall–Kier alpha value is -4.01. The molecule has 4 aliphatic rings. The summed E-state index contributed by atoms with van der Waals surface area (Å²) in [6, 6.07) is 20.8. The Bertz CT molecular complexity index is 1700. The number of amides is 2. The third-order valence-electron chi connectivity index (χ3n) is 9.05. The Kier molecular flexibility index (Phi) is 5.76. The maximum Gasteiger partial charge on any atom is 0.246 e. The van der Waals surface area contributed by atoms with Gasteiger partial charge < -0.3 is 24.3 Å². The normalized spacial score (nSPS) is 23.8. The highest BCUT2D eigenvalue weighted by Gasteiger charge is 2.50. The van der Waals surface area contributed by atoms with Gasteiger partial charge in [0.05, 0.1) is 6.04 Å². The molecule has 4 aromatic rings. The zero-order chi connectivity index (χ0) is 27.7. The third-order valence-corrected chi connectivity index (χ3v) is 9.41. The van der Waals surface area contributed by atoms with Crippen LogP contribution in [0.4, 0.5) is 0 Å². The second-order valence-electron chi connectivity index (χ2n) is 11.3. The van der Waals surface area contributed by atoms with Gasteiger partial charge in [-0.15, -0.1) is 0 Å². The maximum absolute atomic E-state index is 14.3. The SMILES string of the molecule is O=C1[C@H]2Cc3c([nH]c4ccccc34)[C@@H](c3ccc4c(c3)OCO4)N2C(=O)CN1[C@@H]1CCN(Cc2ccccc2Cl)C1. The summed E-state index contributed by atoms with van der Waals surface area (Å²) in [5.41, 5.74) is 5.04. The summed E-state index contributed by atoms with van der Waals surface area (Å²) in [5, 5.41) is 1.85. The highest BCUT2D eigenvalue weighted by Crippen LogP contribution is 2.45. The zero-order valence-corrected chi connectivity index (χ0v) is 23.1. The largest absolute Gasteiger partial charge is 0.454 e. The summed E-state index contributed by atoms with van der Waals surface area (Å²) >= 11 is 6.42. The number of piperazine rings is 1. The highest BCUT2D eigenvalue weighted by atomic mass is 35.5. The number of hydrogen-bond donors (Lipinski definition) is 1. The molecule has 0 bridgehead atoms. The Morgan fingerprint density at radius 3 is 2.71 bits per heavy atom. The van der Waals surface area contributed by atoms with Crippen molar-refractivity contribution in [3.63, 3.8) is 0 Å². The predicted molar refractivity (Wildman–Crippen MR) is 154 cm³/mol. The summed E-state index contributed by atoms with van der Waals surface area (Å²) < 4.78 is 11.2. The van der Waals surface area contributed by atoms with E-state index in [0.717, 1.165) is 64.4 Å². The number of likely N-dealkylation sites (tertiary alicyclic amines) is 1. The van der Waals surface area contributed by atoms with E-state index in [1.54, 1.807) is 0 Å². The molecule has 3 aromatic carbocycles. The molecule has 5 heterocycles. The zero-order valence-electron chi connectivity index (χ0n) is 22.4. The summed E-state index contributed by atoms with van der Waals surface area (Å²) in [5.74, 6) is 1.33. The fourth-order valence-electron chi connectivity index (χ4n) is 7.10. The van der Waals surface area contributed by atoms with Crippen LogP contribution >= 0.6 is 11.6 Å². The number of halogens is 1. The van der Waals surface area contributed by atoms with Gasteiger partial charge in [-0.1, -0.05) is 54.1 Å². The minimum Gasteiger partial charge on any atom is -0.454 e. The Labute approximate surface area is 242 Å². The van der Waals surface area contributed by atoms with Crippen molar-refractivity contribution in [2.45, 2.75) is 37.5 Å².